The first kappa shape index (κ1) is 22.5. The maximum atomic E-state index is 13.4. The summed E-state index contributed by atoms with van der Waals surface area (Å²) in [5, 5.41) is 2.93. The molecule has 3 rings (SSSR count). The van der Waals surface area contributed by atoms with E-state index in [1.807, 2.05) is 11.0 Å². The number of carbonyl (C=O) groups excluding carboxylic acids is 2. The Bertz CT molecular complexity index is 744. The van der Waals surface area contributed by atoms with Gasteiger partial charge in [-0.3, -0.25) is 14.5 Å². The minimum atomic E-state index is 0.0278. The molecule has 1 aromatic rings. The van der Waals surface area contributed by atoms with Gasteiger partial charge in [0.05, 0.1) is 5.56 Å². The summed E-state index contributed by atoms with van der Waals surface area (Å²) in [6, 6.07) is 3.96. The molecule has 1 N–H and O–H groups in total. The molecule has 1 aromatic heterocycles. The zero-order chi connectivity index (χ0) is 21.8. The minimum Gasteiger partial charge on any atom is -0.351 e. The molecule has 2 amide bonds. The zero-order valence-electron chi connectivity index (χ0n) is 19.1. The van der Waals surface area contributed by atoms with Crippen LogP contribution in [0.25, 0.3) is 0 Å². The van der Waals surface area contributed by atoms with E-state index in [0.717, 1.165) is 52.0 Å². The van der Waals surface area contributed by atoms with Crippen LogP contribution in [0.2, 0.25) is 0 Å². The lowest BCUT2D eigenvalue weighted by Gasteiger charge is -2.37. The van der Waals surface area contributed by atoms with Gasteiger partial charge < -0.3 is 15.1 Å². The van der Waals surface area contributed by atoms with Gasteiger partial charge in [0.2, 0.25) is 5.91 Å². The van der Waals surface area contributed by atoms with Crippen molar-refractivity contribution in [1.82, 2.24) is 14.8 Å². The Balaban J connectivity index is 1.86. The highest BCUT2D eigenvalue weighted by Gasteiger charge is 2.31. The second-order valence-electron chi connectivity index (χ2n) is 9.06. The van der Waals surface area contributed by atoms with Crippen molar-refractivity contribution >= 4 is 23.5 Å². The molecule has 0 bridgehead atoms. The summed E-state index contributed by atoms with van der Waals surface area (Å²) in [5.41, 5.74) is 0.616. The fourth-order valence-electron chi connectivity index (χ4n) is 4.20. The monoisotopic (exact) mass is 415 g/mol. The van der Waals surface area contributed by atoms with E-state index in [4.69, 9.17) is 4.98 Å². The van der Waals surface area contributed by atoms with E-state index in [1.54, 1.807) is 6.07 Å². The molecule has 0 spiro atoms. The van der Waals surface area contributed by atoms with E-state index in [0.29, 0.717) is 17.2 Å². The van der Waals surface area contributed by atoms with Gasteiger partial charge in [0.15, 0.2) is 0 Å². The standard InChI is InChI=1S/C23H37N5O2/c1-6-11-26-12-14-27(15-13-26)23(30)19-9-10-20(25-22(29)18-7-8-18)24-21(19)28(16(2)3)17(4)5/h9-10,16-18H,6-8,11-15H2,1-5H3,(H,24,25,29). The summed E-state index contributed by atoms with van der Waals surface area (Å²) in [7, 11) is 0. The first-order valence-electron chi connectivity index (χ1n) is 11.4. The van der Waals surface area contributed by atoms with Gasteiger partial charge in [0.1, 0.15) is 11.6 Å². The molecule has 2 heterocycles. The Morgan fingerprint density at radius 3 is 2.27 bits per heavy atom. The number of pyridine rings is 1. The van der Waals surface area contributed by atoms with Crippen molar-refractivity contribution < 1.29 is 9.59 Å². The van der Waals surface area contributed by atoms with Crippen molar-refractivity contribution in [2.75, 3.05) is 42.9 Å². The number of anilines is 2. The van der Waals surface area contributed by atoms with Crippen LogP contribution in [0.4, 0.5) is 11.6 Å². The number of hydrogen-bond acceptors (Lipinski definition) is 5. The molecular formula is C23H37N5O2. The van der Waals surface area contributed by atoms with Gasteiger partial charge in [-0.15, -0.1) is 0 Å². The van der Waals surface area contributed by atoms with E-state index in [1.165, 1.54) is 0 Å². The van der Waals surface area contributed by atoms with Gasteiger partial charge >= 0.3 is 0 Å². The number of piperazine rings is 1. The third kappa shape index (κ3) is 5.31. The highest BCUT2D eigenvalue weighted by Crippen LogP contribution is 2.31. The maximum Gasteiger partial charge on any atom is 0.257 e. The third-order valence-electron chi connectivity index (χ3n) is 5.86. The average molecular weight is 416 g/mol. The predicted molar refractivity (Wildman–Crippen MR) is 121 cm³/mol. The molecule has 0 unspecified atom stereocenters. The first-order chi connectivity index (χ1) is 14.3. The Kier molecular flexibility index (Phi) is 7.34. The summed E-state index contributed by atoms with van der Waals surface area (Å²) in [6.07, 6.45) is 3.03. The predicted octanol–water partition coefficient (Wildman–Crippen LogP) is 3.22. The van der Waals surface area contributed by atoms with Crippen LogP contribution in [0, 0.1) is 5.92 Å². The van der Waals surface area contributed by atoms with Crippen molar-refractivity contribution in [3.8, 4) is 0 Å². The molecule has 2 fully saturated rings. The molecule has 1 saturated heterocycles. The Hall–Kier alpha value is -2.15. The first-order valence-corrected chi connectivity index (χ1v) is 11.4. The lowest BCUT2D eigenvalue weighted by atomic mass is 10.1. The molecule has 0 radical (unpaired) electrons. The van der Waals surface area contributed by atoms with Crippen molar-refractivity contribution in [3.05, 3.63) is 17.7 Å². The van der Waals surface area contributed by atoms with Gasteiger partial charge in [-0.05, 0) is 65.6 Å². The third-order valence-corrected chi connectivity index (χ3v) is 5.86. The summed E-state index contributed by atoms with van der Waals surface area (Å²) in [5.74, 6) is 1.36. The van der Waals surface area contributed by atoms with Gasteiger partial charge in [-0.2, -0.15) is 0 Å². The summed E-state index contributed by atoms with van der Waals surface area (Å²) in [6.45, 7) is 15.0. The van der Waals surface area contributed by atoms with Crippen molar-refractivity contribution in [1.29, 1.82) is 0 Å². The van der Waals surface area contributed by atoms with Gasteiger partial charge in [-0.1, -0.05) is 6.92 Å². The topological polar surface area (TPSA) is 68.8 Å². The van der Waals surface area contributed by atoms with Crippen LogP contribution < -0.4 is 10.2 Å². The fourth-order valence-corrected chi connectivity index (χ4v) is 4.20. The highest BCUT2D eigenvalue weighted by molar-refractivity contribution is 6.00. The molecule has 30 heavy (non-hydrogen) atoms. The second-order valence-corrected chi connectivity index (χ2v) is 9.06. The molecule has 1 aliphatic carbocycles. The largest absolute Gasteiger partial charge is 0.351 e. The van der Waals surface area contributed by atoms with Crippen LogP contribution in [0.3, 0.4) is 0 Å². The quantitative estimate of drug-likeness (QED) is 0.706. The number of aromatic nitrogens is 1. The SMILES string of the molecule is CCCN1CCN(C(=O)c2ccc(NC(=O)C3CC3)nc2N(C(C)C)C(C)C)CC1. The molecule has 7 heteroatoms. The van der Waals surface area contributed by atoms with Crippen molar-refractivity contribution in [3.63, 3.8) is 0 Å². The van der Waals surface area contributed by atoms with Crippen molar-refractivity contribution in [2.24, 2.45) is 5.92 Å². The summed E-state index contributed by atoms with van der Waals surface area (Å²) in [4.78, 5) is 36.9. The molecule has 7 nitrogen and oxygen atoms in total. The van der Waals surface area contributed by atoms with Crippen LogP contribution in [0.15, 0.2) is 12.1 Å². The fraction of sp³-hybridized carbons (Fsp3) is 0.696. The Morgan fingerprint density at radius 2 is 1.73 bits per heavy atom. The van der Waals surface area contributed by atoms with Gasteiger partial charge in [0, 0.05) is 44.2 Å². The van der Waals surface area contributed by atoms with E-state index >= 15 is 0 Å². The Labute approximate surface area is 180 Å². The molecule has 1 aliphatic heterocycles. The zero-order valence-corrected chi connectivity index (χ0v) is 19.1. The van der Waals surface area contributed by atoms with E-state index in [2.05, 4.69) is 49.7 Å². The van der Waals surface area contributed by atoms with Crippen LogP contribution in [0.5, 0.6) is 0 Å². The smallest absolute Gasteiger partial charge is 0.257 e. The van der Waals surface area contributed by atoms with E-state index in [9.17, 15) is 9.59 Å². The number of carbonyl (C=O) groups is 2. The molecular weight excluding hydrogens is 378 g/mol. The highest BCUT2D eigenvalue weighted by atomic mass is 16.2. The van der Waals surface area contributed by atoms with E-state index < -0.39 is 0 Å². The number of nitrogens with one attached hydrogen (secondary N) is 1. The number of rotatable bonds is 8. The number of hydrogen-bond donors (Lipinski definition) is 1. The Morgan fingerprint density at radius 1 is 1.10 bits per heavy atom. The van der Waals surface area contributed by atoms with Gasteiger partial charge in [0.25, 0.3) is 5.91 Å². The summed E-state index contributed by atoms with van der Waals surface area (Å²) < 4.78 is 0. The number of amides is 2. The molecule has 0 aromatic carbocycles. The molecule has 2 aliphatic rings. The molecule has 0 atom stereocenters. The van der Waals surface area contributed by atoms with Crippen LogP contribution >= 0.6 is 0 Å². The summed E-state index contributed by atoms with van der Waals surface area (Å²) >= 11 is 0. The molecule has 166 valence electrons. The minimum absolute atomic E-state index is 0.0278. The van der Waals surface area contributed by atoms with Crippen LogP contribution in [-0.4, -0.2) is 71.4 Å². The van der Waals surface area contributed by atoms with E-state index in [-0.39, 0.29) is 29.8 Å². The average Bonchev–Trinajstić information content (AvgIpc) is 3.53. The normalized spacial score (nSPS) is 17.5. The van der Waals surface area contributed by atoms with Gasteiger partial charge in [-0.25, -0.2) is 4.98 Å². The lowest BCUT2D eigenvalue weighted by molar-refractivity contribution is -0.117. The van der Waals surface area contributed by atoms with Crippen molar-refractivity contribution in [2.45, 2.75) is 66.0 Å². The second kappa shape index (κ2) is 9.77. The lowest BCUT2D eigenvalue weighted by Crippen LogP contribution is -2.49. The molecule has 1 saturated carbocycles. The number of nitrogens with zero attached hydrogens (tertiary/aromatic N) is 4. The van der Waals surface area contributed by atoms with Crippen LogP contribution in [0.1, 0.15) is 64.2 Å². The maximum absolute atomic E-state index is 13.4. The van der Waals surface area contributed by atoms with Crippen LogP contribution in [-0.2, 0) is 4.79 Å².